The van der Waals surface area contributed by atoms with Gasteiger partial charge >= 0.3 is 7.60 Å². The molecule has 3 nitrogen and oxygen atoms in total. The highest BCUT2D eigenvalue weighted by atomic mass is 31.2. The van der Waals surface area contributed by atoms with E-state index < -0.39 is 7.60 Å². The van der Waals surface area contributed by atoms with Gasteiger partial charge in [0.2, 0.25) is 0 Å². The van der Waals surface area contributed by atoms with Crippen LogP contribution < -0.4 is 0 Å². The van der Waals surface area contributed by atoms with E-state index in [0.29, 0.717) is 0 Å². The summed E-state index contributed by atoms with van der Waals surface area (Å²) in [5, 5.41) is 0. The standard InChI is InChI=1S/C12H27O3P/c1-5-6-7-8-9-10-11-12(2)15-16(4,13)14-3/h12H,5-11H2,1-4H3. The van der Waals surface area contributed by atoms with Gasteiger partial charge in [0.15, 0.2) is 0 Å². The van der Waals surface area contributed by atoms with Crippen molar-refractivity contribution in [2.24, 2.45) is 0 Å². The molecule has 0 saturated carbocycles. The van der Waals surface area contributed by atoms with Crippen LogP contribution in [0.3, 0.4) is 0 Å². The average molecular weight is 250 g/mol. The summed E-state index contributed by atoms with van der Waals surface area (Å²) in [6.45, 7) is 5.70. The first-order chi connectivity index (χ1) is 7.52. The normalized spacial score (nSPS) is 17.0. The van der Waals surface area contributed by atoms with Gasteiger partial charge in [0.25, 0.3) is 0 Å². The van der Waals surface area contributed by atoms with Crippen molar-refractivity contribution >= 4 is 7.60 Å². The Labute approximate surface area is 100 Å². The van der Waals surface area contributed by atoms with Crippen molar-refractivity contribution in [3.8, 4) is 0 Å². The largest absolute Gasteiger partial charge is 0.327 e. The molecule has 0 rings (SSSR count). The predicted molar refractivity (Wildman–Crippen MR) is 69.1 cm³/mol. The second-order valence-corrected chi connectivity index (χ2v) is 6.54. The fourth-order valence-electron chi connectivity index (χ4n) is 1.63. The number of hydrogen-bond donors (Lipinski definition) is 0. The zero-order valence-electron chi connectivity index (χ0n) is 11.2. The van der Waals surface area contributed by atoms with Crippen LogP contribution in [0.15, 0.2) is 0 Å². The highest BCUT2D eigenvalue weighted by Crippen LogP contribution is 2.44. The van der Waals surface area contributed by atoms with Gasteiger partial charge in [-0.25, -0.2) is 0 Å². The molecule has 0 aromatic heterocycles. The fourth-order valence-corrected chi connectivity index (χ4v) is 2.48. The molecule has 2 atom stereocenters. The second kappa shape index (κ2) is 9.21. The van der Waals surface area contributed by atoms with Gasteiger partial charge in [-0.05, 0) is 13.3 Å². The van der Waals surface area contributed by atoms with Crippen LogP contribution in [-0.2, 0) is 13.6 Å². The van der Waals surface area contributed by atoms with E-state index in [1.54, 1.807) is 0 Å². The molecular weight excluding hydrogens is 223 g/mol. The molecule has 0 N–H and O–H groups in total. The van der Waals surface area contributed by atoms with Crippen molar-refractivity contribution < 1.29 is 13.6 Å². The van der Waals surface area contributed by atoms with Crippen molar-refractivity contribution in [2.45, 2.75) is 64.9 Å². The predicted octanol–water partition coefficient (Wildman–Crippen LogP) is 4.61. The van der Waals surface area contributed by atoms with E-state index in [0.717, 1.165) is 12.8 Å². The molecule has 4 heteroatoms. The summed E-state index contributed by atoms with van der Waals surface area (Å²) < 4.78 is 21.7. The van der Waals surface area contributed by atoms with Crippen molar-refractivity contribution in [1.82, 2.24) is 0 Å². The minimum absolute atomic E-state index is 0.0296. The lowest BCUT2D eigenvalue weighted by Gasteiger charge is -2.17. The van der Waals surface area contributed by atoms with E-state index >= 15 is 0 Å². The smallest absolute Gasteiger partial charge is 0.312 e. The minimum Gasteiger partial charge on any atom is -0.312 e. The molecule has 0 aliphatic rings. The summed E-state index contributed by atoms with van der Waals surface area (Å²) >= 11 is 0. The third-order valence-corrected chi connectivity index (χ3v) is 4.07. The number of unbranched alkanes of at least 4 members (excludes halogenated alkanes) is 5. The van der Waals surface area contributed by atoms with E-state index in [1.807, 2.05) is 6.92 Å². The van der Waals surface area contributed by atoms with Gasteiger partial charge in [-0.2, -0.15) is 0 Å². The summed E-state index contributed by atoms with van der Waals surface area (Å²) in [5.74, 6) is 0. The van der Waals surface area contributed by atoms with Gasteiger partial charge < -0.3 is 9.05 Å². The summed E-state index contributed by atoms with van der Waals surface area (Å²) in [6.07, 6.45) is 8.63. The quantitative estimate of drug-likeness (QED) is 0.419. The number of hydrogen-bond acceptors (Lipinski definition) is 3. The van der Waals surface area contributed by atoms with Gasteiger partial charge in [-0.3, -0.25) is 4.57 Å². The highest BCUT2D eigenvalue weighted by Gasteiger charge is 2.18. The maximum atomic E-state index is 11.5. The Morgan fingerprint density at radius 2 is 1.69 bits per heavy atom. The van der Waals surface area contributed by atoms with Crippen molar-refractivity contribution in [2.75, 3.05) is 13.8 Å². The van der Waals surface area contributed by atoms with Crippen LogP contribution in [0.4, 0.5) is 0 Å². The molecule has 16 heavy (non-hydrogen) atoms. The average Bonchev–Trinajstić information content (AvgIpc) is 2.22. The molecule has 0 bridgehead atoms. The molecule has 0 aliphatic carbocycles. The van der Waals surface area contributed by atoms with Crippen LogP contribution in [0.5, 0.6) is 0 Å². The molecular formula is C12H27O3P. The molecule has 0 amide bonds. The van der Waals surface area contributed by atoms with E-state index in [2.05, 4.69) is 6.92 Å². The monoisotopic (exact) mass is 250 g/mol. The molecule has 0 aromatic rings. The zero-order chi connectivity index (χ0) is 12.4. The van der Waals surface area contributed by atoms with Gasteiger partial charge in [0, 0.05) is 13.8 Å². The van der Waals surface area contributed by atoms with E-state index in [4.69, 9.17) is 9.05 Å². The van der Waals surface area contributed by atoms with Crippen molar-refractivity contribution in [3.63, 3.8) is 0 Å². The van der Waals surface area contributed by atoms with Crippen molar-refractivity contribution in [3.05, 3.63) is 0 Å². The summed E-state index contributed by atoms with van der Waals surface area (Å²) in [5.41, 5.74) is 0. The van der Waals surface area contributed by atoms with E-state index in [-0.39, 0.29) is 6.10 Å². The Kier molecular flexibility index (Phi) is 9.29. The summed E-state index contributed by atoms with van der Waals surface area (Å²) in [6, 6.07) is 0. The lowest BCUT2D eigenvalue weighted by Crippen LogP contribution is -2.06. The Morgan fingerprint density at radius 1 is 1.12 bits per heavy atom. The van der Waals surface area contributed by atoms with Crippen LogP contribution >= 0.6 is 7.60 Å². The van der Waals surface area contributed by atoms with Crippen LogP contribution in [0.2, 0.25) is 0 Å². The Morgan fingerprint density at radius 3 is 2.25 bits per heavy atom. The first kappa shape index (κ1) is 16.1. The molecule has 98 valence electrons. The highest BCUT2D eigenvalue weighted by molar-refractivity contribution is 7.52. The van der Waals surface area contributed by atoms with Crippen LogP contribution in [0.1, 0.15) is 58.8 Å². The maximum absolute atomic E-state index is 11.5. The second-order valence-electron chi connectivity index (χ2n) is 4.43. The molecule has 0 aromatic carbocycles. The Balaban J connectivity index is 3.44. The first-order valence-electron chi connectivity index (χ1n) is 6.33. The van der Waals surface area contributed by atoms with Gasteiger partial charge in [0.05, 0.1) is 6.10 Å². The third-order valence-electron chi connectivity index (χ3n) is 2.67. The Bertz CT molecular complexity index is 206. The van der Waals surface area contributed by atoms with Gasteiger partial charge in [-0.1, -0.05) is 45.4 Å². The molecule has 0 aliphatic heterocycles. The van der Waals surface area contributed by atoms with Gasteiger partial charge in [0.1, 0.15) is 0 Å². The van der Waals surface area contributed by atoms with Crippen LogP contribution in [0.25, 0.3) is 0 Å². The molecule has 0 radical (unpaired) electrons. The molecule has 0 heterocycles. The molecule has 0 fully saturated rings. The molecule has 0 spiro atoms. The zero-order valence-corrected chi connectivity index (χ0v) is 12.1. The first-order valence-corrected chi connectivity index (χ1v) is 8.32. The van der Waals surface area contributed by atoms with E-state index in [1.165, 1.54) is 45.9 Å². The lowest BCUT2D eigenvalue weighted by molar-refractivity contribution is 0.167. The minimum atomic E-state index is -2.80. The SMILES string of the molecule is CCCCCCCCC(C)OP(C)(=O)OC. The van der Waals surface area contributed by atoms with E-state index in [9.17, 15) is 4.57 Å². The van der Waals surface area contributed by atoms with Crippen molar-refractivity contribution in [1.29, 1.82) is 0 Å². The summed E-state index contributed by atoms with van der Waals surface area (Å²) in [7, 11) is -1.37. The lowest BCUT2D eigenvalue weighted by atomic mass is 10.1. The maximum Gasteiger partial charge on any atom is 0.327 e. The number of rotatable bonds is 10. The summed E-state index contributed by atoms with van der Waals surface area (Å²) in [4.78, 5) is 0. The molecule has 0 saturated heterocycles. The van der Waals surface area contributed by atoms with Crippen LogP contribution in [0, 0.1) is 0 Å². The molecule has 2 unspecified atom stereocenters. The Hall–Kier alpha value is 0.150. The van der Waals surface area contributed by atoms with Crippen LogP contribution in [-0.4, -0.2) is 19.9 Å². The van der Waals surface area contributed by atoms with Gasteiger partial charge in [-0.15, -0.1) is 0 Å². The topological polar surface area (TPSA) is 35.5 Å². The third kappa shape index (κ3) is 9.38. The fraction of sp³-hybridized carbons (Fsp3) is 1.00.